The molecular formula is C21H23FN2O5. The molecule has 0 bridgehead atoms. The van der Waals surface area contributed by atoms with Crippen LogP contribution >= 0.6 is 0 Å². The quantitative estimate of drug-likeness (QED) is 0.662. The highest BCUT2D eigenvalue weighted by atomic mass is 19.1. The number of aliphatic hydroxyl groups excluding tert-OH is 1. The molecule has 2 atom stereocenters. The van der Waals surface area contributed by atoms with Crippen molar-refractivity contribution < 1.29 is 28.6 Å². The van der Waals surface area contributed by atoms with Gasteiger partial charge in [0.15, 0.2) is 0 Å². The fraction of sp³-hybridized carbons (Fsp3) is 0.333. The summed E-state index contributed by atoms with van der Waals surface area (Å²) in [5, 5.41) is 13.0. The Balaban J connectivity index is 1.66. The zero-order valence-corrected chi connectivity index (χ0v) is 16.2. The van der Waals surface area contributed by atoms with Gasteiger partial charge in [0.2, 0.25) is 0 Å². The van der Waals surface area contributed by atoms with Gasteiger partial charge in [-0.25, -0.2) is 9.18 Å². The molecular weight excluding hydrogens is 379 g/mol. The first-order valence-electron chi connectivity index (χ1n) is 9.24. The summed E-state index contributed by atoms with van der Waals surface area (Å²) in [4.78, 5) is 26.4. The van der Waals surface area contributed by atoms with E-state index in [2.05, 4.69) is 5.32 Å². The topological polar surface area (TPSA) is 88.1 Å². The van der Waals surface area contributed by atoms with Gasteiger partial charge in [-0.3, -0.25) is 9.69 Å². The summed E-state index contributed by atoms with van der Waals surface area (Å²) >= 11 is 0. The lowest BCUT2D eigenvalue weighted by Gasteiger charge is -2.26. The molecule has 2 unspecified atom stereocenters. The maximum Gasteiger partial charge on any atom is 0.325 e. The van der Waals surface area contributed by atoms with Crippen molar-refractivity contribution in [1.29, 1.82) is 0 Å². The van der Waals surface area contributed by atoms with Crippen molar-refractivity contribution in [3.8, 4) is 11.5 Å². The number of amides is 3. The fourth-order valence-electron chi connectivity index (χ4n) is 3.29. The number of nitrogens with one attached hydrogen (secondary N) is 1. The van der Waals surface area contributed by atoms with Crippen molar-refractivity contribution >= 4 is 11.9 Å². The number of carbonyl (C=O) groups is 2. The average Bonchev–Trinajstić information content (AvgIpc) is 2.98. The number of benzene rings is 2. The number of aliphatic hydroxyl groups is 1. The molecule has 7 nitrogen and oxygen atoms in total. The number of imide groups is 1. The molecule has 3 amide bonds. The zero-order valence-electron chi connectivity index (χ0n) is 16.2. The molecule has 2 N–H and O–H groups in total. The molecule has 2 aromatic carbocycles. The number of β-amino-alcohol motifs (C(OH)–C–C–N with tert-alkyl or cyclic N) is 1. The molecule has 1 aliphatic rings. The van der Waals surface area contributed by atoms with Gasteiger partial charge in [0.25, 0.3) is 5.91 Å². The van der Waals surface area contributed by atoms with Crippen molar-refractivity contribution in [2.24, 2.45) is 0 Å². The van der Waals surface area contributed by atoms with Crippen LogP contribution in [0.15, 0.2) is 48.5 Å². The molecule has 0 saturated carbocycles. The van der Waals surface area contributed by atoms with E-state index < -0.39 is 29.4 Å². The number of halogens is 1. The molecule has 154 valence electrons. The lowest BCUT2D eigenvalue weighted by atomic mass is 9.87. The van der Waals surface area contributed by atoms with E-state index in [-0.39, 0.29) is 19.6 Å². The summed E-state index contributed by atoms with van der Waals surface area (Å²) in [6.07, 6.45) is -0.786. The third kappa shape index (κ3) is 4.17. The van der Waals surface area contributed by atoms with Crippen LogP contribution in [0.1, 0.15) is 18.9 Å². The summed E-state index contributed by atoms with van der Waals surface area (Å²) in [5.41, 5.74) is -0.785. The highest BCUT2D eigenvalue weighted by Gasteiger charge is 2.51. The van der Waals surface area contributed by atoms with Crippen LogP contribution in [-0.4, -0.2) is 48.3 Å². The highest BCUT2D eigenvalue weighted by molar-refractivity contribution is 6.07. The second kappa shape index (κ2) is 8.48. The minimum Gasteiger partial charge on any atom is -0.497 e. The minimum absolute atomic E-state index is 0.0982. The highest BCUT2D eigenvalue weighted by Crippen LogP contribution is 2.32. The van der Waals surface area contributed by atoms with Crippen LogP contribution < -0.4 is 14.8 Å². The molecule has 1 aliphatic heterocycles. The Morgan fingerprint density at radius 1 is 1.10 bits per heavy atom. The Bertz CT molecular complexity index is 872. The second-order valence-corrected chi connectivity index (χ2v) is 6.75. The SMILES string of the molecule is CCC1(c2ccc(F)cc2)NC(=O)N(CC(O)COc2ccc(OC)cc2)C1=O. The van der Waals surface area contributed by atoms with E-state index >= 15 is 0 Å². The average molecular weight is 402 g/mol. The summed E-state index contributed by atoms with van der Waals surface area (Å²) in [5.74, 6) is 0.282. The molecule has 8 heteroatoms. The third-order valence-corrected chi connectivity index (χ3v) is 4.94. The lowest BCUT2D eigenvalue weighted by molar-refractivity contribution is -0.132. The Labute approximate surface area is 168 Å². The van der Waals surface area contributed by atoms with Crippen LogP contribution in [0, 0.1) is 5.82 Å². The minimum atomic E-state index is -1.28. The van der Waals surface area contributed by atoms with Gasteiger partial charge >= 0.3 is 6.03 Å². The van der Waals surface area contributed by atoms with Gasteiger partial charge < -0.3 is 19.9 Å². The molecule has 0 aliphatic carbocycles. The van der Waals surface area contributed by atoms with Gasteiger partial charge in [0.05, 0.1) is 13.7 Å². The molecule has 29 heavy (non-hydrogen) atoms. The van der Waals surface area contributed by atoms with E-state index in [4.69, 9.17) is 9.47 Å². The van der Waals surface area contributed by atoms with E-state index in [1.165, 1.54) is 24.3 Å². The van der Waals surface area contributed by atoms with Gasteiger partial charge in [-0.1, -0.05) is 19.1 Å². The van der Waals surface area contributed by atoms with Crippen molar-refractivity contribution in [2.45, 2.75) is 25.0 Å². The standard InChI is InChI=1S/C21H23FN2O5/c1-3-21(14-4-6-15(22)7-5-14)19(26)24(20(27)23-21)12-16(25)13-29-18-10-8-17(28-2)9-11-18/h4-11,16,25H,3,12-13H2,1-2H3,(H,23,27). The molecule has 2 aromatic rings. The van der Waals surface area contributed by atoms with Gasteiger partial charge in [-0.2, -0.15) is 0 Å². The van der Waals surface area contributed by atoms with Crippen LogP contribution in [0.25, 0.3) is 0 Å². The van der Waals surface area contributed by atoms with Crippen LogP contribution in [0.5, 0.6) is 11.5 Å². The maximum absolute atomic E-state index is 13.3. The van der Waals surface area contributed by atoms with E-state index in [0.717, 1.165) is 4.90 Å². The predicted octanol–water partition coefficient (Wildman–Crippen LogP) is 2.43. The summed E-state index contributed by atoms with van der Waals surface area (Å²) in [6, 6.07) is 11.7. The zero-order chi connectivity index (χ0) is 21.0. The Morgan fingerprint density at radius 2 is 1.72 bits per heavy atom. The first-order valence-corrected chi connectivity index (χ1v) is 9.24. The van der Waals surface area contributed by atoms with Crippen molar-refractivity contribution in [3.63, 3.8) is 0 Å². The van der Waals surface area contributed by atoms with Crippen molar-refractivity contribution in [2.75, 3.05) is 20.3 Å². The Hall–Kier alpha value is -3.13. The Morgan fingerprint density at radius 3 is 2.31 bits per heavy atom. The van der Waals surface area contributed by atoms with E-state index in [1.54, 1.807) is 38.3 Å². The van der Waals surface area contributed by atoms with Crippen molar-refractivity contribution in [3.05, 3.63) is 59.9 Å². The number of urea groups is 1. The van der Waals surface area contributed by atoms with Gasteiger partial charge in [-0.15, -0.1) is 0 Å². The van der Waals surface area contributed by atoms with Crippen LogP contribution in [-0.2, 0) is 10.3 Å². The first kappa shape index (κ1) is 20.6. The van der Waals surface area contributed by atoms with Gasteiger partial charge in [0, 0.05) is 0 Å². The van der Waals surface area contributed by atoms with Crippen LogP contribution in [0.3, 0.4) is 0 Å². The van der Waals surface area contributed by atoms with E-state index in [1.807, 2.05) is 0 Å². The predicted molar refractivity (Wildman–Crippen MR) is 103 cm³/mol. The fourth-order valence-corrected chi connectivity index (χ4v) is 3.29. The van der Waals surface area contributed by atoms with Gasteiger partial charge in [-0.05, 0) is 48.4 Å². The van der Waals surface area contributed by atoms with Crippen molar-refractivity contribution in [1.82, 2.24) is 10.2 Å². The number of nitrogens with zero attached hydrogens (tertiary/aromatic N) is 1. The number of ether oxygens (including phenoxy) is 2. The van der Waals surface area contributed by atoms with E-state index in [0.29, 0.717) is 17.1 Å². The summed E-state index contributed by atoms with van der Waals surface area (Å²) < 4.78 is 23.8. The normalized spacial score (nSPS) is 19.8. The molecule has 1 saturated heterocycles. The monoisotopic (exact) mass is 402 g/mol. The molecule has 0 radical (unpaired) electrons. The third-order valence-electron chi connectivity index (χ3n) is 4.94. The number of rotatable bonds is 8. The molecule has 1 heterocycles. The molecule has 3 rings (SSSR count). The maximum atomic E-state index is 13.3. The Kier molecular flexibility index (Phi) is 6.03. The molecule has 0 aromatic heterocycles. The largest absolute Gasteiger partial charge is 0.497 e. The number of hydrogen-bond acceptors (Lipinski definition) is 5. The van der Waals surface area contributed by atoms with E-state index in [9.17, 15) is 19.1 Å². The number of carbonyl (C=O) groups excluding carboxylic acids is 2. The molecule has 0 spiro atoms. The number of hydrogen-bond donors (Lipinski definition) is 2. The summed E-state index contributed by atoms with van der Waals surface area (Å²) in [7, 11) is 1.56. The summed E-state index contributed by atoms with van der Waals surface area (Å²) in [6.45, 7) is 1.44. The van der Waals surface area contributed by atoms with Crippen LogP contribution in [0.4, 0.5) is 9.18 Å². The van der Waals surface area contributed by atoms with Gasteiger partial charge in [0.1, 0.15) is 35.6 Å². The number of methoxy groups -OCH3 is 1. The smallest absolute Gasteiger partial charge is 0.325 e. The lowest BCUT2D eigenvalue weighted by Crippen LogP contribution is -2.44. The second-order valence-electron chi connectivity index (χ2n) is 6.75. The molecule has 1 fully saturated rings. The van der Waals surface area contributed by atoms with Crippen LogP contribution in [0.2, 0.25) is 0 Å². The first-order chi connectivity index (χ1) is 13.9.